The highest BCUT2D eigenvalue weighted by Crippen LogP contribution is 2.30. The van der Waals surface area contributed by atoms with Gasteiger partial charge in [0.15, 0.2) is 0 Å². The standard InChI is InChI=1S/C26H22FN7OS.C25H21FN8/c1-17(18-6-4-3-5-7-18)30-25-28-15-13-23(33-25)34-16-22(21-12-14-29-26(32-21)36(2)35)31-24(34)19-8-10-20(27)11-9-19;1-16(17-5-3-2-4-6-17)30-25-29-14-12-22(33-25)34-15-21(20-11-13-28-24(27)32-20)31-23(34)18-7-9-19(26)10-8-18/h3-17H,1-2H3,(H,28,30,33);2-16H,1H3,(H2,27,28,32)(H,29,30,33)/t17-,36?;16-/m00/s1. The number of nitrogens with one attached hydrogen (secondary N) is 2. The summed E-state index contributed by atoms with van der Waals surface area (Å²) in [6.07, 6.45) is 11.6. The lowest BCUT2D eigenvalue weighted by Gasteiger charge is -2.15. The number of aromatic nitrogens is 12. The van der Waals surface area contributed by atoms with E-state index in [0.717, 1.165) is 16.7 Å². The van der Waals surface area contributed by atoms with Crippen LogP contribution in [0.15, 0.2) is 176 Å². The number of nitrogens with zero attached hydrogens (tertiary/aromatic N) is 12. The van der Waals surface area contributed by atoms with E-state index in [-0.39, 0.29) is 34.8 Å². The van der Waals surface area contributed by atoms with E-state index in [1.807, 2.05) is 85.3 Å². The average molecular weight is 952 g/mol. The van der Waals surface area contributed by atoms with Crippen LogP contribution in [-0.4, -0.2) is 69.4 Å². The quantitative estimate of drug-likeness (QED) is 0.0921. The molecule has 4 N–H and O–H groups in total. The third kappa shape index (κ3) is 10.9. The smallest absolute Gasteiger partial charge is 0.225 e. The van der Waals surface area contributed by atoms with E-state index in [2.05, 4.69) is 40.5 Å². The molecule has 6 aromatic heterocycles. The van der Waals surface area contributed by atoms with Crippen molar-refractivity contribution in [3.05, 3.63) is 193 Å². The number of hydrogen-bond acceptors (Lipinski definition) is 14. The summed E-state index contributed by atoms with van der Waals surface area (Å²) in [7, 11) is -1.34. The van der Waals surface area contributed by atoms with Crippen molar-refractivity contribution in [1.82, 2.24) is 59.0 Å². The van der Waals surface area contributed by atoms with Gasteiger partial charge in [-0.05, 0) is 97.8 Å². The molecule has 16 nitrogen and oxygen atoms in total. The van der Waals surface area contributed by atoms with Crippen LogP contribution in [0.4, 0.5) is 26.6 Å². The molecule has 0 aliphatic carbocycles. The van der Waals surface area contributed by atoms with Crippen LogP contribution >= 0.6 is 0 Å². The van der Waals surface area contributed by atoms with Gasteiger partial charge in [-0.3, -0.25) is 13.3 Å². The number of rotatable bonds is 13. The molecular weight excluding hydrogens is 909 g/mol. The molecule has 3 atom stereocenters. The number of halogens is 2. The lowest BCUT2D eigenvalue weighted by atomic mass is 10.1. The third-order valence-electron chi connectivity index (χ3n) is 10.8. The summed E-state index contributed by atoms with van der Waals surface area (Å²) in [5.74, 6) is 2.70. The third-order valence-corrected chi connectivity index (χ3v) is 11.5. The molecule has 0 aliphatic heterocycles. The minimum atomic E-state index is -1.34. The maximum absolute atomic E-state index is 13.6. The Hall–Kier alpha value is -8.97. The van der Waals surface area contributed by atoms with Gasteiger partial charge in [0.05, 0.1) is 34.3 Å². The number of imidazole rings is 2. The number of hydrogen-bond donors (Lipinski definition) is 3. The fourth-order valence-electron chi connectivity index (χ4n) is 7.24. The molecule has 0 radical (unpaired) electrons. The van der Waals surface area contributed by atoms with Gasteiger partial charge in [-0.25, -0.2) is 48.7 Å². The van der Waals surface area contributed by atoms with Crippen LogP contribution in [0.3, 0.4) is 0 Å². The van der Waals surface area contributed by atoms with Crippen LogP contribution < -0.4 is 16.4 Å². The predicted octanol–water partition coefficient (Wildman–Crippen LogP) is 9.52. The van der Waals surface area contributed by atoms with Crippen molar-refractivity contribution in [3.8, 4) is 57.2 Å². The molecule has 0 spiro atoms. The van der Waals surface area contributed by atoms with E-state index in [9.17, 15) is 13.0 Å². The zero-order valence-corrected chi connectivity index (χ0v) is 38.7. The summed E-state index contributed by atoms with van der Waals surface area (Å²) in [6.45, 7) is 4.08. The summed E-state index contributed by atoms with van der Waals surface area (Å²) >= 11 is 0. The van der Waals surface area contributed by atoms with Gasteiger partial charge < -0.3 is 16.4 Å². The molecule has 348 valence electrons. The summed E-state index contributed by atoms with van der Waals surface area (Å²) in [5, 5.41) is 6.89. The molecule has 4 aromatic carbocycles. The van der Waals surface area contributed by atoms with E-state index < -0.39 is 10.8 Å². The predicted molar refractivity (Wildman–Crippen MR) is 265 cm³/mol. The zero-order chi connectivity index (χ0) is 48.6. The minimum Gasteiger partial charge on any atom is -0.368 e. The molecule has 10 rings (SSSR count). The molecule has 19 heteroatoms. The first-order chi connectivity index (χ1) is 34.0. The van der Waals surface area contributed by atoms with Crippen molar-refractivity contribution in [2.75, 3.05) is 22.6 Å². The Bertz CT molecular complexity index is 3390. The molecule has 6 heterocycles. The summed E-state index contributed by atoms with van der Waals surface area (Å²) in [6, 6.07) is 39.3. The van der Waals surface area contributed by atoms with Crippen LogP contribution in [-0.2, 0) is 10.8 Å². The van der Waals surface area contributed by atoms with Crippen LogP contribution in [0.5, 0.6) is 0 Å². The van der Waals surface area contributed by atoms with Crippen molar-refractivity contribution in [2.24, 2.45) is 0 Å². The van der Waals surface area contributed by atoms with Crippen LogP contribution in [0.25, 0.3) is 57.2 Å². The first-order valence-electron chi connectivity index (χ1n) is 21.8. The van der Waals surface area contributed by atoms with Gasteiger partial charge in [-0.15, -0.1) is 0 Å². The fraction of sp³-hybridized carbons (Fsp3) is 0.0980. The van der Waals surface area contributed by atoms with Crippen molar-refractivity contribution >= 4 is 28.6 Å². The first-order valence-corrected chi connectivity index (χ1v) is 23.4. The molecule has 0 saturated carbocycles. The van der Waals surface area contributed by atoms with Gasteiger partial charge in [-0.2, -0.15) is 9.97 Å². The van der Waals surface area contributed by atoms with Crippen molar-refractivity contribution in [3.63, 3.8) is 0 Å². The molecule has 10 aromatic rings. The van der Waals surface area contributed by atoms with Gasteiger partial charge in [0.2, 0.25) is 23.0 Å². The highest BCUT2D eigenvalue weighted by molar-refractivity contribution is 7.84. The Labute approximate surface area is 403 Å². The van der Waals surface area contributed by atoms with E-state index >= 15 is 0 Å². The van der Waals surface area contributed by atoms with Gasteiger partial charge in [-0.1, -0.05) is 60.7 Å². The lowest BCUT2D eigenvalue weighted by Crippen LogP contribution is -2.10. The Kier molecular flexibility index (Phi) is 13.8. The van der Waals surface area contributed by atoms with Gasteiger partial charge in [0.1, 0.15) is 46.3 Å². The molecule has 0 aliphatic rings. The number of nitrogens with two attached hydrogens (primary N) is 1. The Balaban J connectivity index is 0.000000174. The molecule has 70 heavy (non-hydrogen) atoms. The molecule has 0 saturated heterocycles. The molecule has 0 fully saturated rings. The fourth-order valence-corrected chi connectivity index (χ4v) is 7.68. The normalized spacial score (nSPS) is 12.3. The van der Waals surface area contributed by atoms with Crippen molar-refractivity contribution in [1.29, 1.82) is 0 Å². The zero-order valence-electron chi connectivity index (χ0n) is 37.8. The molecular formula is C51H43F2N15OS. The highest BCUT2D eigenvalue weighted by atomic mass is 32.2. The second-order valence-corrected chi connectivity index (χ2v) is 16.9. The van der Waals surface area contributed by atoms with Crippen LogP contribution in [0.2, 0.25) is 0 Å². The van der Waals surface area contributed by atoms with Crippen LogP contribution in [0.1, 0.15) is 37.1 Å². The van der Waals surface area contributed by atoms with Gasteiger partial charge >= 0.3 is 0 Å². The summed E-state index contributed by atoms with van der Waals surface area (Å²) < 4.78 is 42.7. The summed E-state index contributed by atoms with van der Waals surface area (Å²) in [5.41, 5.74) is 11.6. The van der Waals surface area contributed by atoms with E-state index in [1.54, 1.807) is 84.1 Å². The minimum absolute atomic E-state index is 0.00859. The van der Waals surface area contributed by atoms with Crippen molar-refractivity contribution < 1.29 is 13.0 Å². The largest absolute Gasteiger partial charge is 0.368 e. The first kappa shape index (κ1) is 46.2. The molecule has 0 bridgehead atoms. The number of nitrogen functional groups attached to an aromatic ring is 1. The second-order valence-electron chi connectivity index (χ2n) is 15.7. The van der Waals surface area contributed by atoms with Crippen LogP contribution in [0, 0.1) is 11.6 Å². The molecule has 1 unspecified atom stereocenters. The maximum atomic E-state index is 13.6. The van der Waals surface area contributed by atoms with Gasteiger partial charge in [0.25, 0.3) is 0 Å². The maximum Gasteiger partial charge on any atom is 0.225 e. The lowest BCUT2D eigenvalue weighted by molar-refractivity contribution is 0.627. The monoisotopic (exact) mass is 951 g/mol. The molecule has 0 amide bonds. The van der Waals surface area contributed by atoms with Gasteiger partial charge in [0, 0.05) is 54.6 Å². The highest BCUT2D eigenvalue weighted by Gasteiger charge is 2.19. The SMILES string of the molecule is C[C@H](Nc1nccc(-n2cc(-c3ccnc(N)n3)nc2-c2ccc(F)cc2)n1)c1ccccc1.C[C@H](Nc1nccc(-n2cc(-c3ccnc(S(C)=O)n3)nc2-c2ccc(F)cc2)n1)c1ccccc1. The Morgan fingerprint density at radius 3 is 1.37 bits per heavy atom. The number of anilines is 3. The van der Waals surface area contributed by atoms with E-state index in [4.69, 9.17) is 25.7 Å². The average Bonchev–Trinajstić information content (AvgIpc) is 4.05. The topological polar surface area (TPSA) is 206 Å². The second kappa shape index (κ2) is 20.9. The number of benzene rings is 4. The van der Waals surface area contributed by atoms with Crippen molar-refractivity contribution in [2.45, 2.75) is 31.1 Å². The van der Waals surface area contributed by atoms with E-state index in [0.29, 0.717) is 63.5 Å². The Morgan fingerprint density at radius 1 is 0.500 bits per heavy atom. The summed E-state index contributed by atoms with van der Waals surface area (Å²) in [4.78, 5) is 44.4. The Morgan fingerprint density at radius 2 is 0.929 bits per heavy atom. The van der Waals surface area contributed by atoms with E-state index in [1.165, 1.54) is 30.5 Å².